The molecule has 0 unspecified atom stereocenters. The van der Waals surface area contributed by atoms with Crippen LogP contribution in [0, 0.1) is 6.92 Å². The maximum Gasteiger partial charge on any atom is 0.329 e. The summed E-state index contributed by atoms with van der Waals surface area (Å²) in [7, 11) is 0. The molecule has 4 nitrogen and oxygen atoms in total. The monoisotopic (exact) mass is 224 g/mol. The molecule has 0 spiro atoms. The highest BCUT2D eigenvalue weighted by atomic mass is 16.5. The fourth-order valence-electron chi connectivity index (χ4n) is 1.14. The van der Waals surface area contributed by atoms with E-state index >= 15 is 0 Å². The predicted molar refractivity (Wildman–Crippen MR) is 59.7 cm³/mol. The van der Waals surface area contributed by atoms with E-state index in [2.05, 4.69) is 0 Å². The zero-order chi connectivity index (χ0) is 11.8. The van der Waals surface area contributed by atoms with E-state index in [0.29, 0.717) is 19.6 Å². The van der Waals surface area contributed by atoms with Gasteiger partial charge in [0.2, 0.25) is 0 Å². The summed E-state index contributed by atoms with van der Waals surface area (Å²) in [5.41, 5.74) is 1.19. The van der Waals surface area contributed by atoms with Gasteiger partial charge in [0, 0.05) is 6.42 Å². The van der Waals surface area contributed by atoms with Crippen molar-refractivity contribution in [3.8, 4) is 5.75 Å². The number of ether oxygens (including phenoxy) is 2. The molecule has 0 fully saturated rings. The minimum Gasteiger partial charge on any atom is -0.494 e. The van der Waals surface area contributed by atoms with Crippen molar-refractivity contribution in [1.82, 2.24) is 0 Å². The van der Waals surface area contributed by atoms with Gasteiger partial charge in [-0.2, -0.15) is 0 Å². The number of aliphatic carboxylic acids is 1. The second kappa shape index (κ2) is 6.85. The van der Waals surface area contributed by atoms with Crippen molar-refractivity contribution in [2.75, 3.05) is 19.8 Å². The van der Waals surface area contributed by atoms with Crippen LogP contribution in [0.2, 0.25) is 0 Å². The first-order valence-electron chi connectivity index (χ1n) is 5.17. The fraction of sp³-hybridized carbons (Fsp3) is 0.417. The summed E-state index contributed by atoms with van der Waals surface area (Å²) in [4.78, 5) is 10.1. The second-order valence-corrected chi connectivity index (χ2v) is 3.46. The molecule has 0 aliphatic heterocycles. The Morgan fingerprint density at radius 2 is 1.94 bits per heavy atom. The van der Waals surface area contributed by atoms with E-state index in [0.717, 1.165) is 5.75 Å². The summed E-state index contributed by atoms with van der Waals surface area (Å²) >= 11 is 0. The van der Waals surface area contributed by atoms with Crippen molar-refractivity contribution in [2.24, 2.45) is 0 Å². The van der Waals surface area contributed by atoms with Gasteiger partial charge in [-0.15, -0.1) is 0 Å². The van der Waals surface area contributed by atoms with Gasteiger partial charge in [-0.25, -0.2) is 4.79 Å². The van der Waals surface area contributed by atoms with E-state index in [1.165, 1.54) is 5.56 Å². The van der Waals surface area contributed by atoms with E-state index in [4.69, 9.17) is 14.6 Å². The van der Waals surface area contributed by atoms with Crippen LogP contribution in [0.15, 0.2) is 24.3 Å². The van der Waals surface area contributed by atoms with Crippen LogP contribution >= 0.6 is 0 Å². The number of carboxylic acids is 1. The third kappa shape index (κ3) is 5.36. The smallest absolute Gasteiger partial charge is 0.329 e. The topological polar surface area (TPSA) is 55.8 Å². The van der Waals surface area contributed by atoms with E-state index in [9.17, 15) is 4.79 Å². The van der Waals surface area contributed by atoms with Crippen molar-refractivity contribution in [3.05, 3.63) is 29.8 Å². The van der Waals surface area contributed by atoms with Gasteiger partial charge >= 0.3 is 5.97 Å². The summed E-state index contributed by atoms with van der Waals surface area (Å²) in [6, 6.07) is 7.79. The second-order valence-electron chi connectivity index (χ2n) is 3.46. The molecule has 1 aromatic rings. The molecule has 16 heavy (non-hydrogen) atoms. The Morgan fingerprint density at radius 1 is 1.25 bits per heavy atom. The molecule has 0 saturated heterocycles. The molecular formula is C12H16O4. The van der Waals surface area contributed by atoms with Gasteiger partial charge in [-0.3, -0.25) is 0 Å². The molecule has 88 valence electrons. The van der Waals surface area contributed by atoms with Gasteiger partial charge in [0.1, 0.15) is 12.4 Å². The molecule has 0 bridgehead atoms. The van der Waals surface area contributed by atoms with Crippen molar-refractivity contribution in [2.45, 2.75) is 13.3 Å². The van der Waals surface area contributed by atoms with E-state index < -0.39 is 5.97 Å². The number of aryl methyl sites for hydroxylation is 1. The quantitative estimate of drug-likeness (QED) is 0.718. The lowest BCUT2D eigenvalue weighted by molar-refractivity contribution is -0.142. The highest BCUT2D eigenvalue weighted by Crippen LogP contribution is 2.11. The zero-order valence-electron chi connectivity index (χ0n) is 9.31. The van der Waals surface area contributed by atoms with Crippen molar-refractivity contribution in [1.29, 1.82) is 0 Å². The van der Waals surface area contributed by atoms with Gasteiger partial charge in [0.25, 0.3) is 0 Å². The van der Waals surface area contributed by atoms with Crippen LogP contribution < -0.4 is 4.74 Å². The largest absolute Gasteiger partial charge is 0.494 e. The van der Waals surface area contributed by atoms with E-state index in [1.54, 1.807) is 0 Å². The lowest BCUT2D eigenvalue weighted by atomic mass is 10.2. The van der Waals surface area contributed by atoms with Crippen LogP contribution in [0.1, 0.15) is 12.0 Å². The Hall–Kier alpha value is -1.55. The van der Waals surface area contributed by atoms with Crippen LogP contribution in [-0.4, -0.2) is 30.9 Å². The molecule has 0 aliphatic carbocycles. The number of hydrogen-bond acceptors (Lipinski definition) is 3. The molecule has 0 aromatic heterocycles. The van der Waals surface area contributed by atoms with E-state index in [-0.39, 0.29) is 6.61 Å². The summed E-state index contributed by atoms with van der Waals surface area (Å²) in [6.07, 6.45) is 0.682. The third-order valence-corrected chi connectivity index (χ3v) is 1.95. The molecule has 0 amide bonds. The fourth-order valence-corrected chi connectivity index (χ4v) is 1.14. The van der Waals surface area contributed by atoms with Crippen LogP contribution in [0.25, 0.3) is 0 Å². The van der Waals surface area contributed by atoms with Crippen molar-refractivity contribution >= 4 is 5.97 Å². The van der Waals surface area contributed by atoms with Crippen molar-refractivity contribution in [3.63, 3.8) is 0 Å². The first kappa shape index (κ1) is 12.5. The predicted octanol–water partition coefficient (Wildman–Crippen LogP) is 1.87. The first-order valence-corrected chi connectivity index (χ1v) is 5.17. The lowest BCUT2D eigenvalue weighted by Crippen LogP contribution is -2.09. The standard InChI is InChI=1S/C12H16O4/c1-10-3-5-11(6-4-10)16-8-2-7-15-9-12(13)14/h3-6H,2,7-9H2,1H3,(H,13,14). The van der Waals surface area contributed by atoms with Gasteiger partial charge in [0.05, 0.1) is 13.2 Å². The molecule has 1 N–H and O–H groups in total. The minimum absolute atomic E-state index is 0.246. The van der Waals surface area contributed by atoms with Gasteiger partial charge in [0.15, 0.2) is 0 Å². The van der Waals surface area contributed by atoms with Gasteiger partial charge in [-0.1, -0.05) is 17.7 Å². The normalized spacial score (nSPS) is 10.1. The Balaban J connectivity index is 2.07. The molecule has 0 heterocycles. The molecule has 0 atom stereocenters. The Labute approximate surface area is 94.8 Å². The van der Waals surface area contributed by atoms with Gasteiger partial charge in [-0.05, 0) is 19.1 Å². The number of rotatable bonds is 7. The average Bonchev–Trinajstić information content (AvgIpc) is 2.25. The number of carboxylic acid groups (broad SMARTS) is 1. The van der Waals surface area contributed by atoms with Crippen LogP contribution in [-0.2, 0) is 9.53 Å². The molecule has 1 aromatic carbocycles. The van der Waals surface area contributed by atoms with E-state index in [1.807, 2.05) is 31.2 Å². The molecule has 1 rings (SSSR count). The highest BCUT2D eigenvalue weighted by Gasteiger charge is 1.96. The van der Waals surface area contributed by atoms with Crippen LogP contribution in [0.4, 0.5) is 0 Å². The zero-order valence-corrected chi connectivity index (χ0v) is 9.31. The molecular weight excluding hydrogens is 208 g/mol. The summed E-state index contributed by atoms with van der Waals surface area (Å²) in [5.74, 6) is -0.122. The first-order chi connectivity index (χ1) is 7.68. The number of benzene rings is 1. The maximum absolute atomic E-state index is 10.1. The Bertz CT molecular complexity index is 318. The minimum atomic E-state index is -0.945. The lowest BCUT2D eigenvalue weighted by Gasteiger charge is -2.06. The molecule has 0 radical (unpaired) electrons. The summed E-state index contributed by atoms with van der Waals surface area (Å²) in [6.45, 7) is 2.70. The number of carbonyl (C=O) groups is 1. The average molecular weight is 224 g/mol. The summed E-state index contributed by atoms with van der Waals surface area (Å²) in [5, 5.41) is 8.32. The summed E-state index contributed by atoms with van der Waals surface area (Å²) < 4.78 is 10.3. The molecule has 0 saturated carbocycles. The molecule has 4 heteroatoms. The maximum atomic E-state index is 10.1. The van der Waals surface area contributed by atoms with Crippen molar-refractivity contribution < 1.29 is 19.4 Å². The Kier molecular flexibility index (Phi) is 5.36. The molecule has 0 aliphatic rings. The highest BCUT2D eigenvalue weighted by molar-refractivity contribution is 5.67. The SMILES string of the molecule is Cc1ccc(OCCCOCC(=O)O)cc1. The van der Waals surface area contributed by atoms with Gasteiger partial charge < -0.3 is 14.6 Å². The number of hydrogen-bond donors (Lipinski definition) is 1. The van der Waals surface area contributed by atoms with Crippen LogP contribution in [0.5, 0.6) is 5.75 Å². The Morgan fingerprint density at radius 3 is 2.56 bits per heavy atom. The van der Waals surface area contributed by atoms with Crippen LogP contribution in [0.3, 0.4) is 0 Å². The third-order valence-electron chi connectivity index (χ3n) is 1.95.